The van der Waals surface area contributed by atoms with E-state index in [4.69, 9.17) is 4.52 Å². The Morgan fingerprint density at radius 1 is 1.48 bits per heavy atom. The lowest BCUT2D eigenvalue weighted by Crippen LogP contribution is -2.35. The second-order valence-electron chi connectivity index (χ2n) is 5.47. The van der Waals surface area contributed by atoms with E-state index in [0.29, 0.717) is 11.9 Å². The maximum atomic E-state index is 12.6. The van der Waals surface area contributed by atoms with Gasteiger partial charge in [0.2, 0.25) is 5.89 Å². The molecule has 0 saturated carbocycles. The molecule has 2 aromatic rings. The van der Waals surface area contributed by atoms with Gasteiger partial charge in [-0.1, -0.05) is 5.16 Å². The minimum Gasteiger partial charge on any atom is -0.340 e. The average molecular weight is 305 g/mol. The van der Waals surface area contributed by atoms with Gasteiger partial charge in [-0.2, -0.15) is 4.98 Å². The number of amides is 1. The van der Waals surface area contributed by atoms with E-state index in [9.17, 15) is 4.79 Å². The quantitative estimate of drug-likeness (QED) is 0.871. The summed E-state index contributed by atoms with van der Waals surface area (Å²) in [7, 11) is 0. The van der Waals surface area contributed by atoms with Crippen molar-refractivity contribution in [2.75, 3.05) is 6.54 Å². The Balaban J connectivity index is 1.63. The first-order valence-corrected chi connectivity index (χ1v) is 8.12. The molecule has 1 aliphatic heterocycles. The molecule has 6 heteroatoms. The van der Waals surface area contributed by atoms with Gasteiger partial charge in [0.1, 0.15) is 0 Å². The van der Waals surface area contributed by atoms with Crippen LogP contribution in [0.5, 0.6) is 0 Å². The molecule has 3 heterocycles. The molecule has 0 aromatic carbocycles. The minimum atomic E-state index is 0.167. The molecular weight excluding hydrogens is 286 g/mol. The zero-order valence-electron chi connectivity index (χ0n) is 12.3. The number of aromatic nitrogens is 2. The van der Waals surface area contributed by atoms with Crippen molar-refractivity contribution >= 4 is 17.2 Å². The zero-order chi connectivity index (χ0) is 14.8. The number of hydrogen-bond acceptors (Lipinski definition) is 5. The molecule has 3 rings (SSSR count). The number of carbonyl (C=O) groups is 1. The van der Waals surface area contributed by atoms with Gasteiger partial charge in [-0.15, -0.1) is 11.3 Å². The van der Waals surface area contributed by atoms with Gasteiger partial charge >= 0.3 is 0 Å². The standard InChI is InChI=1S/C15H19N3O2S/c1-10-5-7-13(21-10)15(19)18-9-3-4-12(18)6-8-14-16-11(2)20-17-14/h5,7,12H,3-4,6,8-9H2,1-2H3. The van der Waals surface area contributed by atoms with Crippen LogP contribution < -0.4 is 0 Å². The fraction of sp³-hybridized carbons (Fsp3) is 0.533. The first-order valence-electron chi connectivity index (χ1n) is 7.30. The topological polar surface area (TPSA) is 59.2 Å². The van der Waals surface area contributed by atoms with Crippen molar-refractivity contribution in [3.8, 4) is 0 Å². The van der Waals surface area contributed by atoms with Crippen LogP contribution in [0.15, 0.2) is 16.7 Å². The second kappa shape index (κ2) is 5.97. The van der Waals surface area contributed by atoms with Crippen molar-refractivity contribution in [2.45, 2.75) is 45.6 Å². The van der Waals surface area contributed by atoms with Crippen molar-refractivity contribution in [2.24, 2.45) is 0 Å². The van der Waals surface area contributed by atoms with E-state index >= 15 is 0 Å². The lowest BCUT2D eigenvalue weighted by atomic mass is 10.1. The largest absolute Gasteiger partial charge is 0.340 e. The summed E-state index contributed by atoms with van der Waals surface area (Å²) in [6.45, 7) is 4.67. The number of likely N-dealkylation sites (tertiary alicyclic amines) is 1. The van der Waals surface area contributed by atoms with Gasteiger partial charge in [0.25, 0.3) is 5.91 Å². The number of aryl methyl sites for hydroxylation is 3. The van der Waals surface area contributed by atoms with Crippen LogP contribution in [0, 0.1) is 13.8 Å². The summed E-state index contributed by atoms with van der Waals surface area (Å²) in [5.74, 6) is 1.50. The summed E-state index contributed by atoms with van der Waals surface area (Å²) in [6, 6.07) is 4.23. The van der Waals surface area contributed by atoms with Gasteiger partial charge in [-0.3, -0.25) is 4.79 Å². The predicted molar refractivity (Wildman–Crippen MR) is 80.5 cm³/mol. The molecule has 0 spiro atoms. The molecule has 0 aliphatic carbocycles. The maximum Gasteiger partial charge on any atom is 0.264 e. The van der Waals surface area contributed by atoms with Crippen LogP contribution in [0.3, 0.4) is 0 Å². The van der Waals surface area contributed by atoms with Crippen molar-refractivity contribution in [3.63, 3.8) is 0 Å². The van der Waals surface area contributed by atoms with Crippen molar-refractivity contribution < 1.29 is 9.32 Å². The highest BCUT2D eigenvalue weighted by atomic mass is 32.1. The Morgan fingerprint density at radius 2 is 2.33 bits per heavy atom. The van der Waals surface area contributed by atoms with Crippen LogP contribution in [0.4, 0.5) is 0 Å². The summed E-state index contributed by atoms with van der Waals surface area (Å²) in [5, 5.41) is 3.92. The molecule has 1 atom stereocenters. The molecular formula is C15H19N3O2S. The van der Waals surface area contributed by atoms with Crippen LogP contribution in [0.1, 0.15) is 45.5 Å². The maximum absolute atomic E-state index is 12.6. The molecule has 5 nitrogen and oxygen atoms in total. The smallest absolute Gasteiger partial charge is 0.264 e. The van der Waals surface area contributed by atoms with Gasteiger partial charge in [-0.05, 0) is 38.3 Å². The molecule has 1 saturated heterocycles. The molecule has 1 unspecified atom stereocenters. The van der Waals surface area contributed by atoms with E-state index in [0.717, 1.165) is 42.9 Å². The monoisotopic (exact) mass is 305 g/mol. The van der Waals surface area contributed by atoms with Crippen LogP contribution in [0.25, 0.3) is 0 Å². The summed E-state index contributed by atoms with van der Waals surface area (Å²) in [4.78, 5) is 20.8. The van der Waals surface area contributed by atoms with E-state index in [1.165, 1.54) is 4.88 Å². The molecule has 112 valence electrons. The van der Waals surface area contributed by atoms with Crippen LogP contribution in [0.2, 0.25) is 0 Å². The molecule has 1 aliphatic rings. The van der Waals surface area contributed by atoms with E-state index in [-0.39, 0.29) is 5.91 Å². The Kier molecular flexibility index (Phi) is 4.05. The highest BCUT2D eigenvalue weighted by molar-refractivity contribution is 7.13. The van der Waals surface area contributed by atoms with E-state index < -0.39 is 0 Å². The fourth-order valence-electron chi connectivity index (χ4n) is 2.83. The predicted octanol–water partition coefficient (Wildman–Crippen LogP) is 2.99. The third-order valence-electron chi connectivity index (χ3n) is 3.86. The Hall–Kier alpha value is -1.69. The second-order valence-corrected chi connectivity index (χ2v) is 6.76. The fourth-order valence-corrected chi connectivity index (χ4v) is 3.66. The molecule has 1 fully saturated rings. The van der Waals surface area contributed by atoms with Crippen molar-refractivity contribution in [1.82, 2.24) is 15.0 Å². The van der Waals surface area contributed by atoms with E-state index in [2.05, 4.69) is 10.1 Å². The number of nitrogens with zero attached hydrogens (tertiary/aromatic N) is 3. The van der Waals surface area contributed by atoms with Gasteiger partial charge in [0.15, 0.2) is 5.82 Å². The van der Waals surface area contributed by atoms with Crippen LogP contribution >= 0.6 is 11.3 Å². The van der Waals surface area contributed by atoms with Gasteiger partial charge in [-0.25, -0.2) is 0 Å². The summed E-state index contributed by atoms with van der Waals surface area (Å²) in [5.41, 5.74) is 0. The third kappa shape index (κ3) is 3.15. The number of hydrogen-bond donors (Lipinski definition) is 0. The van der Waals surface area contributed by atoms with Gasteiger partial charge < -0.3 is 9.42 Å². The highest BCUT2D eigenvalue weighted by Gasteiger charge is 2.30. The molecule has 0 N–H and O–H groups in total. The van der Waals surface area contributed by atoms with E-state index in [1.807, 2.05) is 24.0 Å². The van der Waals surface area contributed by atoms with Crippen molar-refractivity contribution in [1.29, 1.82) is 0 Å². The Labute approximate surface area is 128 Å². The summed E-state index contributed by atoms with van der Waals surface area (Å²) in [6.07, 6.45) is 3.79. The Bertz CT molecular complexity index is 634. The lowest BCUT2D eigenvalue weighted by molar-refractivity contribution is 0.0735. The van der Waals surface area contributed by atoms with Crippen LogP contribution in [-0.4, -0.2) is 33.5 Å². The average Bonchev–Trinajstić information content (AvgIpc) is 3.16. The van der Waals surface area contributed by atoms with Crippen molar-refractivity contribution in [3.05, 3.63) is 33.6 Å². The first kappa shape index (κ1) is 14.3. The minimum absolute atomic E-state index is 0.167. The van der Waals surface area contributed by atoms with Crippen LogP contribution in [-0.2, 0) is 6.42 Å². The summed E-state index contributed by atoms with van der Waals surface area (Å²) >= 11 is 1.57. The highest BCUT2D eigenvalue weighted by Crippen LogP contribution is 2.26. The molecule has 2 aromatic heterocycles. The van der Waals surface area contributed by atoms with E-state index in [1.54, 1.807) is 18.3 Å². The number of carbonyl (C=O) groups excluding carboxylic acids is 1. The summed E-state index contributed by atoms with van der Waals surface area (Å²) < 4.78 is 4.99. The molecule has 1 amide bonds. The first-order chi connectivity index (χ1) is 10.1. The van der Waals surface area contributed by atoms with Gasteiger partial charge in [0, 0.05) is 30.8 Å². The molecule has 0 radical (unpaired) electrons. The Morgan fingerprint density at radius 3 is 3.00 bits per heavy atom. The third-order valence-corrected chi connectivity index (χ3v) is 4.85. The molecule has 0 bridgehead atoms. The number of thiophene rings is 1. The zero-order valence-corrected chi connectivity index (χ0v) is 13.2. The SMILES string of the molecule is Cc1nc(CCC2CCCN2C(=O)c2ccc(C)s2)no1. The molecule has 21 heavy (non-hydrogen) atoms. The lowest BCUT2D eigenvalue weighted by Gasteiger charge is -2.23. The normalized spacial score (nSPS) is 18.4. The van der Waals surface area contributed by atoms with Gasteiger partial charge in [0.05, 0.1) is 4.88 Å². The number of rotatable bonds is 4.